The van der Waals surface area contributed by atoms with Crippen LogP contribution in [0.5, 0.6) is 0 Å². The van der Waals surface area contributed by atoms with E-state index in [9.17, 15) is 0 Å². The molecule has 0 aliphatic carbocycles. The number of likely N-dealkylation sites (N-methyl/N-ethyl adjacent to an activating group) is 1. The quantitative estimate of drug-likeness (QED) is 0.522. The number of nitrogens with two attached hydrogens (primary N) is 1. The van der Waals surface area contributed by atoms with Crippen LogP contribution in [-0.4, -0.2) is 31.1 Å². The van der Waals surface area contributed by atoms with E-state index in [-0.39, 0.29) is 1.43 Å². The van der Waals surface area contributed by atoms with Gasteiger partial charge in [0.25, 0.3) is 0 Å². The van der Waals surface area contributed by atoms with E-state index in [1.807, 2.05) is 0 Å². The van der Waals surface area contributed by atoms with Crippen molar-refractivity contribution >= 4 is 0 Å². The normalized spacial score (nSPS) is 32.0. The predicted molar refractivity (Wildman–Crippen MR) is 41.4 cm³/mol. The molecule has 0 radical (unpaired) electrons. The van der Waals surface area contributed by atoms with E-state index < -0.39 is 0 Å². The molecule has 1 aliphatic rings. The summed E-state index contributed by atoms with van der Waals surface area (Å²) in [5, 5.41) is 0. The van der Waals surface area contributed by atoms with Gasteiger partial charge in [-0.25, -0.2) is 0 Å². The molecule has 1 rings (SSSR count). The van der Waals surface area contributed by atoms with E-state index in [4.69, 9.17) is 5.73 Å². The number of hydrogen-bond acceptors (Lipinski definition) is 2. The Morgan fingerprint density at radius 1 is 1.56 bits per heavy atom. The van der Waals surface area contributed by atoms with Crippen LogP contribution in [0, 0.1) is 0 Å². The lowest BCUT2D eigenvalue weighted by atomic mass is 10.2. The molecule has 2 N–H and O–H groups in total. The summed E-state index contributed by atoms with van der Waals surface area (Å²) in [5.74, 6) is 0. The van der Waals surface area contributed by atoms with E-state index in [0.717, 1.165) is 6.54 Å². The molecule has 9 heavy (non-hydrogen) atoms. The van der Waals surface area contributed by atoms with Crippen molar-refractivity contribution in [2.24, 2.45) is 5.73 Å². The third-order valence-electron chi connectivity index (χ3n) is 1.91. The van der Waals surface area contributed by atoms with Crippen molar-refractivity contribution in [1.82, 2.24) is 4.90 Å². The molecule has 0 saturated carbocycles. The Bertz CT molecular complexity index is 77.7. The molecule has 0 aromatic carbocycles. The summed E-state index contributed by atoms with van der Waals surface area (Å²) in [6.07, 6.45) is 3.85. The molecule has 56 valence electrons. The van der Waals surface area contributed by atoms with Gasteiger partial charge in [-0.1, -0.05) is 6.42 Å². The molecule has 0 amide bonds. The van der Waals surface area contributed by atoms with Crippen LogP contribution in [-0.2, 0) is 0 Å². The SMILES string of the molecule is CN1CCCC[C@@H](N)C1.[HH]. The molecule has 1 fully saturated rings. The monoisotopic (exact) mass is 130 g/mol. The van der Waals surface area contributed by atoms with Crippen molar-refractivity contribution in [1.29, 1.82) is 0 Å². The smallest absolute Gasteiger partial charge is 0.0167 e. The maximum absolute atomic E-state index is 5.78. The Hall–Kier alpha value is -0.0800. The lowest BCUT2D eigenvalue weighted by Crippen LogP contribution is -2.33. The zero-order valence-electron chi connectivity index (χ0n) is 6.14. The minimum atomic E-state index is 0. The fourth-order valence-corrected chi connectivity index (χ4v) is 1.37. The second-order valence-corrected chi connectivity index (χ2v) is 3.02. The van der Waals surface area contributed by atoms with Crippen LogP contribution < -0.4 is 5.73 Å². The van der Waals surface area contributed by atoms with E-state index >= 15 is 0 Å². The first-order valence-corrected chi connectivity index (χ1v) is 3.73. The van der Waals surface area contributed by atoms with Crippen molar-refractivity contribution in [3.8, 4) is 0 Å². The van der Waals surface area contributed by atoms with Gasteiger partial charge in [0.2, 0.25) is 0 Å². The maximum Gasteiger partial charge on any atom is 0.0167 e. The van der Waals surface area contributed by atoms with Crippen LogP contribution in [0.2, 0.25) is 0 Å². The van der Waals surface area contributed by atoms with Crippen LogP contribution in [0.3, 0.4) is 0 Å². The van der Waals surface area contributed by atoms with Gasteiger partial charge in [0.15, 0.2) is 0 Å². The van der Waals surface area contributed by atoms with E-state index in [2.05, 4.69) is 11.9 Å². The highest BCUT2D eigenvalue weighted by Gasteiger charge is 2.10. The van der Waals surface area contributed by atoms with Gasteiger partial charge in [-0.05, 0) is 26.4 Å². The Labute approximate surface area is 58.5 Å². The Morgan fingerprint density at radius 3 is 3.11 bits per heavy atom. The van der Waals surface area contributed by atoms with Gasteiger partial charge < -0.3 is 10.6 Å². The van der Waals surface area contributed by atoms with Gasteiger partial charge in [0, 0.05) is 14.0 Å². The van der Waals surface area contributed by atoms with E-state index in [1.165, 1.54) is 25.8 Å². The molecule has 1 aliphatic heterocycles. The molecule has 0 bridgehead atoms. The maximum atomic E-state index is 5.78. The average molecular weight is 130 g/mol. The second-order valence-electron chi connectivity index (χ2n) is 3.02. The lowest BCUT2D eigenvalue weighted by Gasteiger charge is -2.15. The topological polar surface area (TPSA) is 29.3 Å². The minimum Gasteiger partial charge on any atom is -0.327 e. The summed E-state index contributed by atoms with van der Waals surface area (Å²) >= 11 is 0. The Balaban J connectivity index is 0.000000810. The van der Waals surface area contributed by atoms with Crippen molar-refractivity contribution in [2.45, 2.75) is 25.3 Å². The highest BCUT2D eigenvalue weighted by molar-refractivity contribution is 4.69. The summed E-state index contributed by atoms with van der Waals surface area (Å²) in [7, 11) is 2.14. The lowest BCUT2D eigenvalue weighted by molar-refractivity contribution is 0.333. The predicted octanol–water partition coefficient (Wildman–Crippen LogP) is 0.675. The summed E-state index contributed by atoms with van der Waals surface area (Å²) in [6.45, 7) is 2.31. The Morgan fingerprint density at radius 2 is 2.33 bits per heavy atom. The molecule has 0 aromatic rings. The zero-order valence-corrected chi connectivity index (χ0v) is 6.14. The first-order chi connectivity index (χ1) is 4.29. The fourth-order valence-electron chi connectivity index (χ4n) is 1.37. The standard InChI is InChI=1S/C7H16N2.H2/c1-9-5-3-2-4-7(8)6-9;/h7H,2-6,8H2,1H3;1H/t7-;/m1./s1. The molecule has 2 nitrogen and oxygen atoms in total. The highest BCUT2D eigenvalue weighted by atomic mass is 15.1. The van der Waals surface area contributed by atoms with Gasteiger partial charge in [-0.2, -0.15) is 0 Å². The average Bonchev–Trinajstić information content (AvgIpc) is 1.93. The van der Waals surface area contributed by atoms with Crippen LogP contribution >= 0.6 is 0 Å². The highest BCUT2D eigenvalue weighted by Crippen LogP contribution is 2.06. The summed E-state index contributed by atoms with van der Waals surface area (Å²) < 4.78 is 0. The first-order valence-electron chi connectivity index (χ1n) is 3.73. The third-order valence-corrected chi connectivity index (χ3v) is 1.91. The van der Waals surface area contributed by atoms with Crippen LogP contribution in [0.15, 0.2) is 0 Å². The van der Waals surface area contributed by atoms with Gasteiger partial charge in [0.05, 0.1) is 0 Å². The van der Waals surface area contributed by atoms with Gasteiger partial charge in [0.1, 0.15) is 0 Å². The summed E-state index contributed by atoms with van der Waals surface area (Å²) in [4.78, 5) is 2.32. The van der Waals surface area contributed by atoms with Crippen molar-refractivity contribution < 1.29 is 1.43 Å². The van der Waals surface area contributed by atoms with Crippen molar-refractivity contribution in [3.05, 3.63) is 0 Å². The molecule has 1 saturated heterocycles. The number of nitrogens with zero attached hydrogens (tertiary/aromatic N) is 1. The third kappa shape index (κ3) is 2.33. The van der Waals surface area contributed by atoms with Crippen molar-refractivity contribution in [3.63, 3.8) is 0 Å². The molecular formula is C7H18N2. The van der Waals surface area contributed by atoms with Crippen LogP contribution in [0.4, 0.5) is 0 Å². The summed E-state index contributed by atoms with van der Waals surface area (Å²) in [5.41, 5.74) is 5.78. The molecule has 0 aromatic heterocycles. The second kappa shape index (κ2) is 3.18. The molecular weight excluding hydrogens is 112 g/mol. The minimum absolute atomic E-state index is 0. The number of hydrogen-bond donors (Lipinski definition) is 1. The van der Waals surface area contributed by atoms with E-state index in [0.29, 0.717) is 6.04 Å². The number of likely N-dealkylation sites (tertiary alicyclic amines) is 1. The largest absolute Gasteiger partial charge is 0.327 e. The molecule has 1 atom stereocenters. The van der Waals surface area contributed by atoms with Crippen LogP contribution in [0.1, 0.15) is 20.7 Å². The van der Waals surface area contributed by atoms with Gasteiger partial charge in [-0.3, -0.25) is 0 Å². The van der Waals surface area contributed by atoms with Gasteiger partial charge in [-0.15, -0.1) is 0 Å². The first kappa shape index (κ1) is 7.03. The molecule has 0 spiro atoms. The zero-order chi connectivity index (χ0) is 6.69. The fraction of sp³-hybridized carbons (Fsp3) is 1.00. The number of rotatable bonds is 0. The van der Waals surface area contributed by atoms with E-state index in [1.54, 1.807) is 0 Å². The van der Waals surface area contributed by atoms with Crippen LogP contribution in [0.25, 0.3) is 0 Å². The van der Waals surface area contributed by atoms with Gasteiger partial charge >= 0.3 is 0 Å². The Kier molecular flexibility index (Phi) is 2.49. The molecule has 0 unspecified atom stereocenters. The molecule has 2 heteroatoms. The summed E-state index contributed by atoms with van der Waals surface area (Å²) in [6, 6.07) is 0.428. The van der Waals surface area contributed by atoms with Crippen molar-refractivity contribution in [2.75, 3.05) is 20.1 Å². The molecule has 1 heterocycles.